The summed E-state index contributed by atoms with van der Waals surface area (Å²) < 4.78 is 97.5. The fourth-order valence-corrected chi connectivity index (χ4v) is 8.93. The standard InChI is InChI=1S/C34H33F6N7O2S.C2H6/c1-3-47(19-7-10-45(15-19)17(2)48)31-21-11-23(34(38,39)40)26(20-5-6-24(36)29-25(20)22(13-41)30(42)50-29)27(37)28(21)43-32(44-31)49-16-33-8-4-9-46(33)14-18(35)12-33;1-2/h5-6,11,18-19H,3-4,7-10,12,14-16,42H2,1-2H3;1-2H3. The molecule has 7 rings (SSSR count). The van der Waals surface area contributed by atoms with Crippen LogP contribution in [0.4, 0.5) is 37.2 Å². The molecule has 278 valence electrons. The average Bonchev–Trinajstić information content (AvgIpc) is 3.88. The number of hydrogen-bond donors (Lipinski definition) is 1. The minimum Gasteiger partial charge on any atom is -0.461 e. The summed E-state index contributed by atoms with van der Waals surface area (Å²) in [4.78, 5) is 26.4. The number of alkyl halides is 4. The summed E-state index contributed by atoms with van der Waals surface area (Å²) in [6, 6.07) is 3.83. The van der Waals surface area contributed by atoms with E-state index in [9.17, 15) is 18.8 Å². The van der Waals surface area contributed by atoms with Crippen molar-refractivity contribution >= 4 is 49.1 Å². The second-order valence-corrected chi connectivity index (χ2v) is 14.2. The number of anilines is 2. The van der Waals surface area contributed by atoms with Crippen molar-refractivity contribution in [3.05, 3.63) is 41.0 Å². The molecule has 0 aliphatic carbocycles. The largest absolute Gasteiger partial charge is 0.461 e. The molecule has 1 amide bonds. The van der Waals surface area contributed by atoms with Gasteiger partial charge in [-0.25, -0.2) is 13.2 Å². The van der Waals surface area contributed by atoms with Crippen molar-refractivity contribution in [3.8, 4) is 23.2 Å². The zero-order chi connectivity index (χ0) is 37.7. The van der Waals surface area contributed by atoms with Crippen LogP contribution in [0.5, 0.6) is 6.01 Å². The maximum Gasteiger partial charge on any atom is 0.417 e. The summed E-state index contributed by atoms with van der Waals surface area (Å²) in [7, 11) is 0. The van der Waals surface area contributed by atoms with Gasteiger partial charge in [0.05, 0.1) is 21.4 Å². The number of amides is 1. The number of nitrogen functional groups attached to an aromatic ring is 1. The Hall–Kier alpha value is -4.36. The second kappa shape index (κ2) is 14.2. The minimum absolute atomic E-state index is 0.0144. The van der Waals surface area contributed by atoms with Crippen molar-refractivity contribution in [3.63, 3.8) is 0 Å². The molecule has 3 fully saturated rings. The van der Waals surface area contributed by atoms with Crippen LogP contribution in [0.15, 0.2) is 18.2 Å². The van der Waals surface area contributed by atoms with E-state index in [1.165, 1.54) is 6.92 Å². The molecule has 16 heteroatoms. The Morgan fingerprint density at radius 1 is 1.21 bits per heavy atom. The summed E-state index contributed by atoms with van der Waals surface area (Å²) in [6.07, 6.45) is -3.94. The molecule has 5 heterocycles. The van der Waals surface area contributed by atoms with Gasteiger partial charge in [-0.3, -0.25) is 9.69 Å². The first-order chi connectivity index (χ1) is 24.8. The Labute approximate surface area is 300 Å². The maximum atomic E-state index is 17.1. The Kier molecular flexibility index (Phi) is 10.2. The zero-order valence-electron chi connectivity index (χ0n) is 29.2. The average molecular weight is 748 g/mol. The van der Waals surface area contributed by atoms with Gasteiger partial charge in [0.25, 0.3) is 0 Å². The predicted molar refractivity (Wildman–Crippen MR) is 188 cm³/mol. The molecular weight excluding hydrogens is 708 g/mol. The first-order valence-corrected chi connectivity index (χ1v) is 18.1. The van der Waals surface area contributed by atoms with Crippen LogP contribution in [-0.4, -0.2) is 82.8 Å². The normalized spacial score (nSPS) is 21.7. The number of nitrogens with two attached hydrogens (primary N) is 1. The van der Waals surface area contributed by atoms with E-state index in [4.69, 9.17) is 10.5 Å². The van der Waals surface area contributed by atoms with Gasteiger partial charge in [0.15, 0.2) is 5.82 Å². The number of benzene rings is 2. The molecular formula is C36H39F6N7O2S. The molecule has 3 aliphatic rings. The molecule has 3 aliphatic heterocycles. The Bertz CT molecular complexity index is 2070. The van der Waals surface area contributed by atoms with Crippen molar-refractivity contribution in [1.29, 1.82) is 5.26 Å². The highest BCUT2D eigenvalue weighted by Gasteiger charge is 2.49. The molecule has 3 unspecified atom stereocenters. The first-order valence-electron chi connectivity index (χ1n) is 17.3. The third kappa shape index (κ3) is 6.35. The van der Waals surface area contributed by atoms with Crippen LogP contribution in [0, 0.1) is 23.0 Å². The molecule has 52 heavy (non-hydrogen) atoms. The summed E-state index contributed by atoms with van der Waals surface area (Å²) in [5.41, 5.74) is 1.91. The van der Waals surface area contributed by atoms with Crippen molar-refractivity contribution in [2.24, 2.45) is 0 Å². The van der Waals surface area contributed by atoms with Crippen LogP contribution in [-0.2, 0) is 11.0 Å². The van der Waals surface area contributed by atoms with E-state index in [2.05, 4.69) is 9.97 Å². The highest BCUT2D eigenvalue weighted by atomic mass is 32.1. The number of likely N-dealkylation sites (N-methyl/N-ethyl adjacent to an activating group) is 1. The second-order valence-electron chi connectivity index (χ2n) is 13.1. The van der Waals surface area contributed by atoms with Gasteiger partial charge in [-0.2, -0.15) is 28.4 Å². The lowest BCUT2D eigenvalue weighted by molar-refractivity contribution is -0.137. The topological polar surface area (TPSA) is 112 Å². The van der Waals surface area contributed by atoms with Gasteiger partial charge in [-0.15, -0.1) is 11.3 Å². The SMILES string of the molecule is CC.CCN(c1nc(OCC23CCCN2CC(F)C3)nc2c(F)c(-c3ccc(F)c4sc(N)c(C#N)c34)c(C(F)(F)F)cc12)C1CCN(C(C)=O)C1. The number of nitriles is 1. The van der Waals surface area contributed by atoms with Crippen LogP contribution in [0.1, 0.15) is 64.5 Å². The maximum absolute atomic E-state index is 17.1. The van der Waals surface area contributed by atoms with E-state index >= 15 is 17.6 Å². The molecule has 0 saturated carbocycles. The van der Waals surface area contributed by atoms with E-state index in [0.29, 0.717) is 37.3 Å². The van der Waals surface area contributed by atoms with Gasteiger partial charge < -0.3 is 20.3 Å². The van der Waals surface area contributed by atoms with Gasteiger partial charge in [0.1, 0.15) is 41.0 Å². The fraction of sp³-hybridized carbons (Fsp3) is 0.500. The molecule has 0 radical (unpaired) electrons. The van der Waals surface area contributed by atoms with Crippen LogP contribution in [0.3, 0.4) is 0 Å². The Balaban J connectivity index is 0.00000228. The molecule has 2 N–H and O–H groups in total. The van der Waals surface area contributed by atoms with Crippen LogP contribution >= 0.6 is 11.3 Å². The number of rotatable bonds is 7. The van der Waals surface area contributed by atoms with Crippen molar-refractivity contribution < 1.29 is 35.9 Å². The van der Waals surface area contributed by atoms with E-state index in [1.54, 1.807) is 16.7 Å². The number of thiophene rings is 1. The van der Waals surface area contributed by atoms with Gasteiger partial charge in [-0.1, -0.05) is 19.9 Å². The molecule has 0 bridgehead atoms. The number of nitrogens with zero attached hydrogens (tertiary/aromatic N) is 6. The zero-order valence-corrected chi connectivity index (χ0v) is 30.0. The van der Waals surface area contributed by atoms with Crippen LogP contribution in [0.2, 0.25) is 0 Å². The summed E-state index contributed by atoms with van der Waals surface area (Å²) >= 11 is 0.681. The number of likely N-dealkylation sites (tertiary alicyclic amines) is 1. The number of carbonyl (C=O) groups is 1. The summed E-state index contributed by atoms with van der Waals surface area (Å²) in [5.74, 6) is -2.37. The van der Waals surface area contributed by atoms with Crippen LogP contribution in [0.25, 0.3) is 32.1 Å². The van der Waals surface area contributed by atoms with Gasteiger partial charge in [0.2, 0.25) is 5.91 Å². The van der Waals surface area contributed by atoms with E-state index < -0.39 is 46.2 Å². The highest BCUT2D eigenvalue weighted by molar-refractivity contribution is 7.23. The summed E-state index contributed by atoms with van der Waals surface area (Å²) in [5, 5.41) is 9.22. The third-order valence-electron chi connectivity index (χ3n) is 10.3. The molecule has 4 aromatic rings. The van der Waals surface area contributed by atoms with E-state index in [1.807, 2.05) is 24.8 Å². The molecule has 0 spiro atoms. The lowest BCUT2D eigenvalue weighted by Gasteiger charge is -2.32. The monoisotopic (exact) mass is 747 g/mol. The van der Waals surface area contributed by atoms with Crippen LogP contribution < -0.4 is 15.4 Å². The van der Waals surface area contributed by atoms with Crippen molar-refractivity contribution in [1.82, 2.24) is 19.8 Å². The van der Waals surface area contributed by atoms with E-state index in [0.717, 1.165) is 24.6 Å². The fourth-order valence-electron chi connectivity index (χ4n) is 7.98. The van der Waals surface area contributed by atoms with E-state index in [-0.39, 0.29) is 88.0 Å². The number of carbonyl (C=O) groups excluding carboxylic acids is 1. The third-order valence-corrected chi connectivity index (χ3v) is 11.3. The quantitative estimate of drug-likeness (QED) is 0.192. The van der Waals surface area contributed by atoms with Gasteiger partial charge in [0, 0.05) is 61.9 Å². The summed E-state index contributed by atoms with van der Waals surface area (Å²) in [6.45, 7) is 9.07. The minimum atomic E-state index is -5.11. The Morgan fingerprint density at radius 2 is 1.96 bits per heavy atom. The predicted octanol–water partition coefficient (Wildman–Crippen LogP) is 7.69. The molecule has 2 aromatic heterocycles. The molecule has 9 nitrogen and oxygen atoms in total. The number of ether oxygens (including phenoxy) is 1. The molecule has 3 saturated heterocycles. The first kappa shape index (κ1) is 37.4. The smallest absolute Gasteiger partial charge is 0.417 e. The van der Waals surface area contributed by atoms with Crippen molar-refractivity contribution in [2.75, 3.05) is 50.0 Å². The number of hydrogen-bond acceptors (Lipinski definition) is 9. The van der Waals surface area contributed by atoms with Gasteiger partial charge >= 0.3 is 12.2 Å². The lowest BCUT2D eigenvalue weighted by atomic mass is 9.92. The Morgan fingerprint density at radius 3 is 2.62 bits per heavy atom. The molecule has 2 aromatic carbocycles. The van der Waals surface area contributed by atoms with Crippen molar-refractivity contribution in [2.45, 2.75) is 77.3 Å². The number of halogens is 6. The molecule has 3 atom stereocenters. The highest BCUT2D eigenvalue weighted by Crippen LogP contribution is 2.48. The number of fused-ring (bicyclic) bond motifs is 3. The number of aromatic nitrogens is 2. The van der Waals surface area contributed by atoms with Gasteiger partial charge in [-0.05, 0) is 50.4 Å². The lowest BCUT2D eigenvalue weighted by Crippen LogP contribution is -2.43.